The normalized spacial score (nSPS) is 28.9. The van der Waals surface area contributed by atoms with Crippen LogP contribution in [0.4, 0.5) is 0 Å². The molecule has 3 nitrogen and oxygen atoms in total. The van der Waals surface area contributed by atoms with Gasteiger partial charge in [0.1, 0.15) is 0 Å². The summed E-state index contributed by atoms with van der Waals surface area (Å²) in [6.07, 6.45) is 5.02. The number of benzene rings is 1. The van der Waals surface area contributed by atoms with E-state index in [1.165, 1.54) is 18.5 Å². The zero-order valence-electron chi connectivity index (χ0n) is 12.0. The van der Waals surface area contributed by atoms with Gasteiger partial charge in [-0.3, -0.25) is 4.79 Å². The van der Waals surface area contributed by atoms with Crippen molar-refractivity contribution >= 4 is 5.91 Å². The summed E-state index contributed by atoms with van der Waals surface area (Å²) in [5, 5.41) is 6.71. The van der Waals surface area contributed by atoms with Crippen LogP contribution in [-0.4, -0.2) is 25.0 Å². The molecule has 0 bridgehead atoms. The number of hydrogen-bond donors (Lipinski definition) is 2. The molecule has 108 valence electrons. The van der Waals surface area contributed by atoms with E-state index in [4.69, 9.17) is 0 Å². The van der Waals surface area contributed by atoms with Crippen LogP contribution in [0.1, 0.15) is 31.2 Å². The summed E-state index contributed by atoms with van der Waals surface area (Å²) in [7, 11) is 0. The van der Waals surface area contributed by atoms with Crippen LogP contribution in [0, 0.1) is 11.8 Å². The van der Waals surface area contributed by atoms with E-state index in [2.05, 4.69) is 22.8 Å². The fraction of sp³-hybridized carbons (Fsp3) is 0.588. The van der Waals surface area contributed by atoms with Crippen LogP contribution in [0.3, 0.4) is 0 Å². The summed E-state index contributed by atoms with van der Waals surface area (Å²) in [6, 6.07) is 10.6. The Labute approximate surface area is 121 Å². The third-order valence-corrected chi connectivity index (χ3v) is 4.80. The number of carbonyl (C=O) groups is 1. The van der Waals surface area contributed by atoms with Crippen molar-refractivity contribution in [2.75, 3.05) is 13.1 Å². The van der Waals surface area contributed by atoms with E-state index >= 15 is 0 Å². The minimum atomic E-state index is 0.211. The number of carbonyl (C=O) groups excluding carboxylic acids is 1. The average Bonchev–Trinajstić information content (AvgIpc) is 2.94. The molecular weight excluding hydrogens is 248 g/mol. The molecule has 1 aromatic rings. The Morgan fingerprint density at radius 3 is 2.80 bits per heavy atom. The van der Waals surface area contributed by atoms with E-state index in [0.29, 0.717) is 12.5 Å². The van der Waals surface area contributed by atoms with Crippen LogP contribution >= 0.6 is 0 Å². The van der Waals surface area contributed by atoms with Crippen LogP contribution in [0.25, 0.3) is 0 Å². The van der Waals surface area contributed by atoms with Crippen molar-refractivity contribution in [1.82, 2.24) is 10.6 Å². The summed E-state index contributed by atoms with van der Waals surface area (Å²) in [5.74, 6) is 1.85. The van der Waals surface area contributed by atoms with Crippen molar-refractivity contribution in [2.45, 2.75) is 38.1 Å². The van der Waals surface area contributed by atoms with Gasteiger partial charge < -0.3 is 10.6 Å². The Morgan fingerprint density at radius 1 is 1.15 bits per heavy atom. The molecule has 1 aliphatic carbocycles. The summed E-state index contributed by atoms with van der Waals surface area (Å²) < 4.78 is 0. The molecule has 0 aromatic heterocycles. The summed E-state index contributed by atoms with van der Waals surface area (Å²) >= 11 is 0. The Morgan fingerprint density at radius 2 is 1.95 bits per heavy atom. The molecule has 3 rings (SSSR count). The molecule has 20 heavy (non-hydrogen) atoms. The average molecular weight is 272 g/mol. The number of aryl methyl sites for hydroxylation is 1. The van der Waals surface area contributed by atoms with Crippen LogP contribution in [0.5, 0.6) is 0 Å². The second-order valence-electron chi connectivity index (χ2n) is 6.24. The van der Waals surface area contributed by atoms with Crippen molar-refractivity contribution in [3.05, 3.63) is 35.9 Å². The Kier molecular flexibility index (Phi) is 4.36. The third-order valence-electron chi connectivity index (χ3n) is 4.80. The predicted octanol–water partition coefficient (Wildman–Crippen LogP) is 2.12. The van der Waals surface area contributed by atoms with Crippen molar-refractivity contribution in [3.8, 4) is 0 Å². The topological polar surface area (TPSA) is 41.1 Å². The lowest BCUT2D eigenvalue weighted by Crippen LogP contribution is -2.40. The van der Waals surface area contributed by atoms with Gasteiger partial charge in [0.25, 0.3) is 0 Å². The van der Waals surface area contributed by atoms with Crippen molar-refractivity contribution in [1.29, 1.82) is 0 Å². The van der Waals surface area contributed by atoms with Crippen LogP contribution in [-0.2, 0) is 11.2 Å². The van der Waals surface area contributed by atoms with Gasteiger partial charge in [-0.15, -0.1) is 0 Å². The number of hydrogen-bond acceptors (Lipinski definition) is 2. The van der Waals surface area contributed by atoms with E-state index in [1.807, 2.05) is 18.2 Å². The number of rotatable bonds is 4. The predicted molar refractivity (Wildman–Crippen MR) is 80.4 cm³/mol. The summed E-state index contributed by atoms with van der Waals surface area (Å²) in [4.78, 5) is 12.1. The molecule has 1 aromatic carbocycles. The quantitative estimate of drug-likeness (QED) is 0.881. The Hall–Kier alpha value is -1.35. The van der Waals surface area contributed by atoms with Crippen molar-refractivity contribution in [2.24, 2.45) is 11.8 Å². The Balaban J connectivity index is 1.42. The molecule has 0 spiro atoms. The molecule has 2 aliphatic rings. The molecule has 1 unspecified atom stereocenters. The molecule has 2 N–H and O–H groups in total. The van der Waals surface area contributed by atoms with Gasteiger partial charge in [0.05, 0.1) is 0 Å². The first-order chi connectivity index (χ1) is 9.81. The SMILES string of the molecule is O=C(CCc1ccccc1)NC1CC[C@H]2CNC[C@H]2C1. The standard InChI is InChI=1S/C17H24N2O/c20-17(9-6-13-4-2-1-3-5-13)19-16-8-7-14-11-18-12-15(14)10-16/h1-5,14-16,18H,6-12H2,(H,19,20)/t14-,15+,16?/m0/s1. The van der Waals surface area contributed by atoms with Crippen LogP contribution in [0.2, 0.25) is 0 Å². The fourth-order valence-electron chi connectivity index (χ4n) is 3.63. The molecule has 3 atom stereocenters. The third kappa shape index (κ3) is 3.40. The van der Waals surface area contributed by atoms with Gasteiger partial charge >= 0.3 is 0 Å². The highest BCUT2D eigenvalue weighted by Crippen LogP contribution is 2.32. The smallest absolute Gasteiger partial charge is 0.220 e. The molecule has 1 aliphatic heterocycles. The minimum absolute atomic E-state index is 0.211. The van der Waals surface area contributed by atoms with Gasteiger partial charge in [0.2, 0.25) is 5.91 Å². The highest BCUT2D eigenvalue weighted by atomic mass is 16.1. The lowest BCUT2D eigenvalue weighted by Gasteiger charge is -2.31. The maximum absolute atomic E-state index is 12.1. The molecular formula is C17H24N2O. The number of amides is 1. The largest absolute Gasteiger partial charge is 0.353 e. The van der Waals surface area contributed by atoms with Gasteiger partial charge in [-0.25, -0.2) is 0 Å². The monoisotopic (exact) mass is 272 g/mol. The molecule has 3 heteroatoms. The second kappa shape index (κ2) is 6.40. The first kappa shape index (κ1) is 13.6. The van der Waals surface area contributed by atoms with E-state index in [0.717, 1.165) is 37.6 Å². The minimum Gasteiger partial charge on any atom is -0.353 e. The number of fused-ring (bicyclic) bond motifs is 1. The van der Waals surface area contributed by atoms with Crippen molar-refractivity contribution < 1.29 is 4.79 Å². The van der Waals surface area contributed by atoms with Crippen molar-refractivity contribution in [3.63, 3.8) is 0 Å². The zero-order chi connectivity index (χ0) is 13.8. The summed E-state index contributed by atoms with van der Waals surface area (Å²) in [6.45, 7) is 2.32. The molecule has 1 saturated carbocycles. The lowest BCUT2D eigenvalue weighted by molar-refractivity contribution is -0.122. The van der Waals surface area contributed by atoms with Gasteiger partial charge in [-0.1, -0.05) is 30.3 Å². The first-order valence-corrected chi connectivity index (χ1v) is 7.85. The Bertz CT molecular complexity index is 446. The van der Waals surface area contributed by atoms with Gasteiger partial charge in [0.15, 0.2) is 0 Å². The van der Waals surface area contributed by atoms with Gasteiger partial charge in [-0.05, 0) is 56.2 Å². The van der Waals surface area contributed by atoms with E-state index < -0.39 is 0 Å². The molecule has 1 saturated heterocycles. The highest BCUT2D eigenvalue weighted by molar-refractivity contribution is 5.76. The zero-order valence-corrected chi connectivity index (χ0v) is 12.0. The fourth-order valence-corrected chi connectivity index (χ4v) is 3.63. The molecule has 2 fully saturated rings. The second-order valence-corrected chi connectivity index (χ2v) is 6.24. The van der Waals surface area contributed by atoms with Gasteiger partial charge in [0, 0.05) is 12.5 Å². The molecule has 0 radical (unpaired) electrons. The van der Waals surface area contributed by atoms with E-state index in [9.17, 15) is 4.79 Å². The lowest BCUT2D eigenvalue weighted by atomic mass is 9.79. The maximum atomic E-state index is 12.1. The highest BCUT2D eigenvalue weighted by Gasteiger charge is 2.34. The first-order valence-electron chi connectivity index (χ1n) is 7.85. The van der Waals surface area contributed by atoms with E-state index in [1.54, 1.807) is 0 Å². The number of nitrogens with one attached hydrogen (secondary N) is 2. The van der Waals surface area contributed by atoms with Crippen LogP contribution < -0.4 is 10.6 Å². The molecule has 1 amide bonds. The van der Waals surface area contributed by atoms with Crippen LogP contribution in [0.15, 0.2) is 30.3 Å². The summed E-state index contributed by atoms with van der Waals surface area (Å²) in [5.41, 5.74) is 1.24. The van der Waals surface area contributed by atoms with E-state index in [-0.39, 0.29) is 5.91 Å². The maximum Gasteiger partial charge on any atom is 0.220 e. The van der Waals surface area contributed by atoms with Gasteiger partial charge in [-0.2, -0.15) is 0 Å². The molecule has 1 heterocycles.